The number of carbonyl (C=O) groups excluding carboxylic acids is 2. The minimum atomic E-state index is -0.830. The smallest absolute Gasteiger partial charge is 0.266 e. The van der Waals surface area contributed by atoms with Crippen molar-refractivity contribution >= 4 is 46.4 Å². The number of hydrogen-bond acceptors (Lipinski definition) is 4. The highest BCUT2D eigenvalue weighted by Crippen LogP contribution is 2.42. The Kier molecular flexibility index (Phi) is 5.32. The topological polar surface area (TPSA) is 49.9 Å². The van der Waals surface area contributed by atoms with Gasteiger partial charge >= 0.3 is 0 Å². The molecule has 2 aliphatic heterocycles. The zero-order valence-electron chi connectivity index (χ0n) is 15.3. The van der Waals surface area contributed by atoms with Crippen molar-refractivity contribution in [3.8, 4) is 0 Å². The molecule has 0 spiro atoms. The molecular formula is C21H20Cl2N2O3. The van der Waals surface area contributed by atoms with Gasteiger partial charge in [0.2, 0.25) is 5.91 Å². The van der Waals surface area contributed by atoms with Gasteiger partial charge in [-0.3, -0.25) is 14.4 Å². The lowest BCUT2D eigenvalue weighted by Crippen LogP contribution is -2.40. The Morgan fingerprint density at radius 3 is 2.39 bits per heavy atom. The van der Waals surface area contributed by atoms with E-state index in [0.29, 0.717) is 15.7 Å². The zero-order valence-corrected chi connectivity index (χ0v) is 16.9. The maximum atomic E-state index is 13.3. The molecule has 2 fully saturated rings. The Bertz CT molecular complexity index is 906. The van der Waals surface area contributed by atoms with Gasteiger partial charge < -0.3 is 0 Å². The van der Waals surface area contributed by atoms with Crippen molar-refractivity contribution in [3.63, 3.8) is 0 Å². The van der Waals surface area contributed by atoms with Crippen molar-refractivity contribution in [2.24, 2.45) is 5.92 Å². The van der Waals surface area contributed by atoms with Crippen LogP contribution in [-0.4, -0.2) is 24.0 Å². The third-order valence-corrected chi connectivity index (χ3v) is 6.00. The highest BCUT2D eigenvalue weighted by molar-refractivity contribution is 6.42. The molecule has 0 N–H and O–H groups in total. The van der Waals surface area contributed by atoms with Gasteiger partial charge in [-0.25, -0.2) is 9.96 Å². The summed E-state index contributed by atoms with van der Waals surface area (Å²) in [6.07, 6.45) is 1.87. The average molecular weight is 419 g/mol. The number of benzene rings is 2. The molecule has 2 aliphatic rings. The number of halogens is 2. The summed E-state index contributed by atoms with van der Waals surface area (Å²) < 4.78 is 0. The van der Waals surface area contributed by atoms with E-state index in [2.05, 4.69) is 6.92 Å². The third kappa shape index (κ3) is 3.17. The molecule has 3 unspecified atom stereocenters. The lowest BCUT2D eigenvalue weighted by atomic mass is 9.92. The van der Waals surface area contributed by atoms with Gasteiger partial charge in [0.1, 0.15) is 0 Å². The number of anilines is 2. The van der Waals surface area contributed by atoms with Crippen LogP contribution < -0.4 is 9.96 Å². The van der Waals surface area contributed by atoms with Crippen LogP contribution in [0.3, 0.4) is 0 Å². The lowest BCUT2D eigenvalue weighted by molar-refractivity contribution is -0.126. The van der Waals surface area contributed by atoms with Crippen LogP contribution in [0.5, 0.6) is 0 Å². The molecule has 28 heavy (non-hydrogen) atoms. The minimum Gasteiger partial charge on any atom is -0.273 e. The van der Waals surface area contributed by atoms with Gasteiger partial charge in [0, 0.05) is 0 Å². The highest BCUT2D eigenvalue weighted by Gasteiger charge is 2.59. The van der Waals surface area contributed by atoms with Gasteiger partial charge in [-0.15, -0.1) is 0 Å². The van der Waals surface area contributed by atoms with Gasteiger partial charge in [0.05, 0.1) is 33.4 Å². The first-order valence-corrected chi connectivity index (χ1v) is 10.1. The number of hydrogen-bond donors (Lipinski definition) is 0. The molecule has 0 radical (unpaired) electrons. The van der Waals surface area contributed by atoms with E-state index < -0.39 is 12.0 Å². The molecule has 2 saturated heterocycles. The molecule has 0 saturated carbocycles. The molecule has 3 atom stereocenters. The lowest BCUT2D eigenvalue weighted by Gasteiger charge is -2.28. The van der Waals surface area contributed by atoms with Gasteiger partial charge in [0.25, 0.3) is 5.91 Å². The Morgan fingerprint density at radius 2 is 1.71 bits per heavy atom. The number of carbonyl (C=O) groups is 2. The molecule has 4 rings (SSSR count). The zero-order chi connectivity index (χ0) is 19.8. The summed E-state index contributed by atoms with van der Waals surface area (Å²) in [4.78, 5) is 33.5. The Hall–Kier alpha value is -2.08. The molecule has 0 bridgehead atoms. The van der Waals surface area contributed by atoms with E-state index in [1.54, 1.807) is 17.2 Å². The van der Waals surface area contributed by atoms with E-state index in [9.17, 15) is 9.59 Å². The summed E-state index contributed by atoms with van der Waals surface area (Å²) in [5, 5.41) is 2.41. The van der Waals surface area contributed by atoms with Gasteiger partial charge in [-0.2, -0.15) is 0 Å². The molecule has 2 aromatic carbocycles. The van der Waals surface area contributed by atoms with Crippen LogP contribution in [0, 0.1) is 5.92 Å². The molecule has 0 aliphatic carbocycles. The first-order chi connectivity index (χ1) is 13.5. The van der Waals surface area contributed by atoms with Crippen LogP contribution in [0.2, 0.25) is 10.0 Å². The number of nitrogens with zero attached hydrogens (tertiary/aromatic N) is 2. The maximum absolute atomic E-state index is 13.3. The molecule has 7 heteroatoms. The Morgan fingerprint density at radius 1 is 0.964 bits per heavy atom. The second-order valence-corrected chi connectivity index (χ2v) is 7.85. The summed E-state index contributed by atoms with van der Waals surface area (Å²) in [6, 6.07) is 14.1. The molecular weight excluding hydrogens is 399 g/mol. The monoisotopic (exact) mass is 418 g/mol. The van der Waals surface area contributed by atoms with Crippen molar-refractivity contribution in [1.29, 1.82) is 0 Å². The van der Waals surface area contributed by atoms with Crippen LogP contribution in [0.15, 0.2) is 48.5 Å². The average Bonchev–Trinajstić information content (AvgIpc) is 3.19. The maximum Gasteiger partial charge on any atom is 0.266 e. The van der Waals surface area contributed by atoms with Crippen LogP contribution in [0.4, 0.5) is 11.4 Å². The molecule has 2 heterocycles. The molecule has 2 amide bonds. The third-order valence-electron chi connectivity index (χ3n) is 5.26. The van der Waals surface area contributed by atoms with E-state index in [-0.39, 0.29) is 17.9 Å². The fraction of sp³-hybridized carbons (Fsp3) is 0.333. The fourth-order valence-electron chi connectivity index (χ4n) is 3.91. The van der Waals surface area contributed by atoms with Crippen molar-refractivity contribution in [2.75, 3.05) is 9.96 Å². The first kappa shape index (κ1) is 19.2. The van der Waals surface area contributed by atoms with Crippen LogP contribution >= 0.6 is 23.2 Å². The second-order valence-electron chi connectivity index (χ2n) is 7.03. The molecule has 5 nitrogen and oxygen atoms in total. The predicted molar refractivity (Wildman–Crippen MR) is 110 cm³/mol. The highest BCUT2D eigenvalue weighted by atomic mass is 35.5. The number of rotatable bonds is 5. The van der Waals surface area contributed by atoms with E-state index in [1.165, 1.54) is 11.0 Å². The van der Waals surface area contributed by atoms with Crippen molar-refractivity contribution in [1.82, 2.24) is 0 Å². The van der Waals surface area contributed by atoms with Crippen LogP contribution in [0.25, 0.3) is 0 Å². The number of para-hydroxylation sites is 1. The van der Waals surface area contributed by atoms with Gasteiger partial charge in [-0.1, -0.05) is 61.2 Å². The summed E-state index contributed by atoms with van der Waals surface area (Å²) in [5.41, 5.74) is 1.27. The van der Waals surface area contributed by atoms with Crippen LogP contribution in [0.1, 0.15) is 26.2 Å². The SMILES string of the molecule is CCCCC1C2C(=O)N(c3ccc(Cl)c(Cl)c3)C(=O)C2ON1c1ccccc1. The Labute approximate surface area is 173 Å². The van der Waals surface area contributed by atoms with Crippen molar-refractivity contribution in [2.45, 2.75) is 38.3 Å². The minimum absolute atomic E-state index is 0.198. The van der Waals surface area contributed by atoms with E-state index in [4.69, 9.17) is 28.0 Å². The number of imide groups is 1. The molecule has 0 aromatic heterocycles. The molecule has 146 valence electrons. The normalized spacial score (nSPS) is 24.2. The van der Waals surface area contributed by atoms with E-state index in [1.807, 2.05) is 30.3 Å². The van der Waals surface area contributed by atoms with Gasteiger partial charge in [-0.05, 0) is 36.8 Å². The largest absolute Gasteiger partial charge is 0.273 e. The standard InChI is InChI=1S/C21H20Cl2N2O3/c1-2-3-9-17-18-19(28-25(17)13-7-5-4-6-8-13)21(27)24(20(18)26)14-10-11-15(22)16(23)12-14/h4-8,10-12,17-19H,2-3,9H2,1H3. The summed E-state index contributed by atoms with van der Waals surface area (Å²) in [7, 11) is 0. The summed E-state index contributed by atoms with van der Waals surface area (Å²) in [5.74, 6) is -1.17. The number of amides is 2. The van der Waals surface area contributed by atoms with Crippen molar-refractivity contribution < 1.29 is 14.4 Å². The quantitative estimate of drug-likeness (QED) is 0.650. The summed E-state index contributed by atoms with van der Waals surface area (Å²) >= 11 is 12.1. The number of hydroxylamine groups is 1. The summed E-state index contributed by atoms with van der Waals surface area (Å²) in [6.45, 7) is 2.10. The van der Waals surface area contributed by atoms with Crippen LogP contribution in [-0.2, 0) is 14.4 Å². The Balaban J connectivity index is 1.68. The first-order valence-electron chi connectivity index (χ1n) is 9.37. The fourth-order valence-corrected chi connectivity index (χ4v) is 4.20. The van der Waals surface area contributed by atoms with Gasteiger partial charge in [0.15, 0.2) is 6.10 Å². The van der Waals surface area contributed by atoms with E-state index in [0.717, 1.165) is 24.9 Å². The second kappa shape index (κ2) is 7.74. The number of unbranched alkanes of at least 4 members (excludes halogenated alkanes) is 1. The predicted octanol–water partition coefficient (Wildman–Crippen LogP) is 4.86. The molecule has 2 aromatic rings. The number of fused-ring (bicyclic) bond motifs is 1. The van der Waals surface area contributed by atoms with Crippen molar-refractivity contribution in [3.05, 3.63) is 58.6 Å². The van der Waals surface area contributed by atoms with E-state index >= 15 is 0 Å².